The molecule has 0 bridgehead atoms. The van der Waals surface area contributed by atoms with Crippen molar-refractivity contribution in [2.75, 3.05) is 33.5 Å². The van der Waals surface area contributed by atoms with Gasteiger partial charge in [0.25, 0.3) is 0 Å². The molecule has 0 heterocycles. The Labute approximate surface area is 103 Å². The molecule has 0 fully saturated rings. The summed E-state index contributed by atoms with van der Waals surface area (Å²) < 4.78 is 10.6. The van der Waals surface area contributed by atoms with Crippen molar-refractivity contribution < 1.29 is 14.6 Å². The summed E-state index contributed by atoms with van der Waals surface area (Å²) >= 11 is 0. The number of aliphatic hydroxyl groups excluding tert-OH is 1. The van der Waals surface area contributed by atoms with Gasteiger partial charge in [0.2, 0.25) is 0 Å². The maximum absolute atomic E-state index is 8.87. The molecular weight excluding hydrogens is 218 g/mol. The van der Waals surface area contributed by atoms with Crippen molar-refractivity contribution in [3.8, 4) is 5.75 Å². The second kappa shape index (κ2) is 8.98. The Bertz CT molecular complexity index is 273. The van der Waals surface area contributed by atoms with Crippen molar-refractivity contribution in [3.05, 3.63) is 30.3 Å². The van der Waals surface area contributed by atoms with E-state index in [1.165, 1.54) is 0 Å². The minimum absolute atomic E-state index is 0.167. The highest BCUT2D eigenvalue weighted by Gasteiger charge is 2.06. The van der Waals surface area contributed by atoms with E-state index in [4.69, 9.17) is 14.6 Å². The molecule has 1 aromatic rings. The smallest absolute Gasteiger partial charge is 0.119 e. The van der Waals surface area contributed by atoms with Crippen LogP contribution in [-0.2, 0) is 4.74 Å². The lowest BCUT2D eigenvalue weighted by Crippen LogP contribution is -2.36. The Hall–Kier alpha value is -1.10. The molecule has 1 aromatic carbocycles. The van der Waals surface area contributed by atoms with Crippen molar-refractivity contribution in [1.82, 2.24) is 5.32 Å². The number of methoxy groups -OCH3 is 1. The third-order valence-corrected chi connectivity index (χ3v) is 2.39. The highest BCUT2D eigenvalue weighted by Crippen LogP contribution is 2.07. The molecule has 1 rings (SSSR count). The summed E-state index contributed by atoms with van der Waals surface area (Å²) in [5, 5.41) is 12.2. The first-order valence-electron chi connectivity index (χ1n) is 5.88. The Kier molecular flexibility index (Phi) is 7.38. The first kappa shape index (κ1) is 14.0. The lowest BCUT2D eigenvalue weighted by atomic mass is 10.2. The van der Waals surface area contributed by atoms with Gasteiger partial charge in [-0.2, -0.15) is 0 Å². The van der Waals surface area contributed by atoms with Crippen molar-refractivity contribution in [1.29, 1.82) is 0 Å². The van der Waals surface area contributed by atoms with Crippen LogP contribution < -0.4 is 10.1 Å². The van der Waals surface area contributed by atoms with E-state index in [9.17, 15) is 0 Å². The maximum atomic E-state index is 8.87. The third-order valence-electron chi connectivity index (χ3n) is 2.39. The molecule has 0 radical (unpaired) electrons. The van der Waals surface area contributed by atoms with E-state index in [2.05, 4.69) is 5.32 Å². The van der Waals surface area contributed by atoms with Gasteiger partial charge in [0.1, 0.15) is 12.4 Å². The van der Waals surface area contributed by atoms with Gasteiger partial charge in [-0.25, -0.2) is 0 Å². The summed E-state index contributed by atoms with van der Waals surface area (Å²) in [7, 11) is 1.66. The van der Waals surface area contributed by atoms with E-state index < -0.39 is 0 Å². The van der Waals surface area contributed by atoms with Gasteiger partial charge < -0.3 is 19.9 Å². The van der Waals surface area contributed by atoms with Crippen LogP contribution in [0.4, 0.5) is 0 Å². The molecule has 0 saturated heterocycles. The van der Waals surface area contributed by atoms with Crippen LogP contribution in [0, 0.1) is 0 Å². The number of aliphatic hydroxyl groups is 1. The molecule has 0 aliphatic rings. The fourth-order valence-electron chi connectivity index (χ4n) is 1.55. The lowest BCUT2D eigenvalue weighted by Gasteiger charge is -2.16. The lowest BCUT2D eigenvalue weighted by molar-refractivity contribution is 0.145. The van der Waals surface area contributed by atoms with E-state index >= 15 is 0 Å². The number of hydrogen-bond acceptors (Lipinski definition) is 4. The standard InChI is InChI=1S/C13H21NO3/c1-16-11-12(7-9-15)14-8-10-17-13-5-3-2-4-6-13/h2-6,12,14-15H,7-11H2,1H3. The van der Waals surface area contributed by atoms with Crippen LogP contribution in [0.2, 0.25) is 0 Å². The van der Waals surface area contributed by atoms with E-state index in [1.807, 2.05) is 30.3 Å². The van der Waals surface area contributed by atoms with Crippen molar-refractivity contribution >= 4 is 0 Å². The zero-order valence-corrected chi connectivity index (χ0v) is 10.3. The minimum atomic E-state index is 0.167. The molecule has 1 unspecified atom stereocenters. The molecule has 0 aromatic heterocycles. The molecule has 96 valence electrons. The Morgan fingerprint density at radius 3 is 2.71 bits per heavy atom. The van der Waals surface area contributed by atoms with E-state index in [0.29, 0.717) is 19.6 Å². The van der Waals surface area contributed by atoms with Crippen LogP contribution in [0.3, 0.4) is 0 Å². The third kappa shape index (κ3) is 6.26. The maximum Gasteiger partial charge on any atom is 0.119 e. The summed E-state index contributed by atoms with van der Waals surface area (Å²) in [5.41, 5.74) is 0. The van der Waals surface area contributed by atoms with Gasteiger partial charge in [0, 0.05) is 26.3 Å². The molecule has 17 heavy (non-hydrogen) atoms. The number of para-hydroxylation sites is 1. The molecule has 4 heteroatoms. The number of ether oxygens (including phenoxy) is 2. The highest BCUT2D eigenvalue weighted by atomic mass is 16.5. The van der Waals surface area contributed by atoms with Crippen molar-refractivity contribution in [2.45, 2.75) is 12.5 Å². The zero-order chi connectivity index (χ0) is 12.3. The molecule has 0 amide bonds. The first-order valence-corrected chi connectivity index (χ1v) is 5.88. The average Bonchev–Trinajstić information content (AvgIpc) is 2.36. The molecule has 4 nitrogen and oxygen atoms in total. The van der Waals surface area contributed by atoms with Crippen molar-refractivity contribution in [3.63, 3.8) is 0 Å². The molecule has 0 saturated carbocycles. The predicted octanol–water partition coefficient (Wildman–Crippen LogP) is 1.05. The number of nitrogens with one attached hydrogen (secondary N) is 1. The van der Waals surface area contributed by atoms with Gasteiger partial charge in [-0.05, 0) is 18.6 Å². The monoisotopic (exact) mass is 239 g/mol. The number of rotatable bonds is 9. The largest absolute Gasteiger partial charge is 0.492 e. The quantitative estimate of drug-likeness (QED) is 0.633. The fraction of sp³-hybridized carbons (Fsp3) is 0.538. The summed E-state index contributed by atoms with van der Waals surface area (Å²) in [5.74, 6) is 0.875. The van der Waals surface area contributed by atoms with Crippen LogP contribution in [0.25, 0.3) is 0 Å². The zero-order valence-electron chi connectivity index (χ0n) is 10.3. The van der Waals surface area contributed by atoms with Crippen LogP contribution in [-0.4, -0.2) is 44.6 Å². The Balaban J connectivity index is 2.13. The van der Waals surface area contributed by atoms with E-state index in [1.54, 1.807) is 7.11 Å². The topological polar surface area (TPSA) is 50.7 Å². The van der Waals surface area contributed by atoms with Gasteiger partial charge in [0.05, 0.1) is 6.61 Å². The normalized spacial score (nSPS) is 12.4. The molecule has 0 spiro atoms. The second-order valence-corrected chi connectivity index (χ2v) is 3.78. The number of benzene rings is 1. The summed E-state index contributed by atoms with van der Waals surface area (Å²) in [6.07, 6.45) is 0.694. The Morgan fingerprint density at radius 2 is 2.06 bits per heavy atom. The highest BCUT2D eigenvalue weighted by molar-refractivity contribution is 5.20. The summed E-state index contributed by atoms with van der Waals surface area (Å²) in [6, 6.07) is 9.90. The van der Waals surface area contributed by atoms with E-state index in [0.717, 1.165) is 12.3 Å². The van der Waals surface area contributed by atoms with Crippen LogP contribution in [0.15, 0.2) is 30.3 Å². The summed E-state index contributed by atoms with van der Waals surface area (Å²) in [6.45, 7) is 2.12. The predicted molar refractivity (Wildman–Crippen MR) is 67.3 cm³/mol. The second-order valence-electron chi connectivity index (χ2n) is 3.78. The molecule has 1 atom stereocenters. The molecule has 2 N–H and O–H groups in total. The van der Waals surface area contributed by atoms with Crippen LogP contribution >= 0.6 is 0 Å². The molecule has 0 aliphatic heterocycles. The van der Waals surface area contributed by atoms with Crippen LogP contribution in [0.1, 0.15) is 6.42 Å². The Morgan fingerprint density at radius 1 is 1.29 bits per heavy atom. The van der Waals surface area contributed by atoms with Gasteiger partial charge in [-0.15, -0.1) is 0 Å². The molecular formula is C13H21NO3. The van der Waals surface area contributed by atoms with Crippen molar-refractivity contribution in [2.24, 2.45) is 0 Å². The fourth-order valence-corrected chi connectivity index (χ4v) is 1.55. The first-order chi connectivity index (χ1) is 8.36. The van der Waals surface area contributed by atoms with E-state index in [-0.39, 0.29) is 12.6 Å². The van der Waals surface area contributed by atoms with Gasteiger partial charge in [-0.3, -0.25) is 0 Å². The molecule has 0 aliphatic carbocycles. The van der Waals surface area contributed by atoms with Gasteiger partial charge >= 0.3 is 0 Å². The van der Waals surface area contributed by atoms with Crippen LogP contribution in [0.5, 0.6) is 5.75 Å². The van der Waals surface area contributed by atoms with Gasteiger partial charge in [-0.1, -0.05) is 18.2 Å². The summed E-state index contributed by atoms with van der Waals surface area (Å²) in [4.78, 5) is 0. The number of hydrogen-bond donors (Lipinski definition) is 2. The average molecular weight is 239 g/mol. The van der Waals surface area contributed by atoms with Gasteiger partial charge in [0.15, 0.2) is 0 Å². The minimum Gasteiger partial charge on any atom is -0.492 e. The SMILES string of the molecule is COCC(CCO)NCCOc1ccccc1.